The van der Waals surface area contributed by atoms with E-state index in [2.05, 4.69) is 15.5 Å². The Hall–Kier alpha value is -1.10. The summed E-state index contributed by atoms with van der Waals surface area (Å²) < 4.78 is 0. The van der Waals surface area contributed by atoms with Gasteiger partial charge in [-0.15, -0.1) is 0 Å². The summed E-state index contributed by atoms with van der Waals surface area (Å²) in [4.78, 5) is 27.1. The molecule has 1 aliphatic carbocycles. The first-order valence-electron chi connectivity index (χ1n) is 9.33. The molecule has 2 amide bonds. The second kappa shape index (κ2) is 6.80. The van der Waals surface area contributed by atoms with E-state index >= 15 is 0 Å². The Labute approximate surface area is 139 Å². The van der Waals surface area contributed by atoms with Crippen molar-refractivity contribution < 1.29 is 9.59 Å². The number of likely N-dealkylation sites (tertiary alicyclic amines) is 1. The van der Waals surface area contributed by atoms with Crippen LogP contribution in [0.2, 0.25) is 0 Å². The van der Waals surface area contributed by atoms with Crippen molar-refractivity contribution in [2.24, 2.45) is 17.3 Å². The van der Waals surface area contributed by atoms with Gasteiger partial charge in [0.05, 0.1) is 5.41 Å². The average molecular weight is 321 g/mol. The molecule has 2 aliphatic heterocycles. The van der Waals surface area contributed by atoms with Gasteiger partial charge in [0.25, 0.3) is 0 Å². The minimum Gasteiger partial charge on any atom is -0.353 e. The number of nitrogens with one attached hydrogen (secondary N) is 2. The third-order valence-corrected chi connectivity index (χ3v) is 6.12. The summed E-state index contributed by atoms with van der Waals surface area (Å²) in [6, 6.07) is 0.232. The smallest absolute Gasteiger partial charge is 0.230 e. The molecule has 0 aromatic heterocycles. The molecule has 3 fully saturated rings. The van der Waals surface area contributed by atoms with Gasteiger partial charge in [-0.25, -0.2) is 0 Å². The fraction of sp³-hybridized carbons (Fsp3) is 0.889. The van der Waals surface area contributed by atoms with Crippen molar-refractivity contribution in [3.63, 3.8) is 0 Å². The minimum atomic E-state index is -0.133. The van der Waals surface area contributed by atoms with E-state index in [9.17, 15) is 9.59 Å². The summed E-state index contributed by atoms with van der Waals surface area (Å²) in [5.74, 6) is 1.06. The first-order chi connectivity index (χ1) is 11.0. The molecule has 1 saturated carbocycles. The molecule has 2 saturated heterocycles. The van der Waals surface area contributed by atoms with E-state index in [-0.39, 0.29) is 23.3 Å². The molecule has 130 valence electrons. The van der Waals surface area contributed by atoms with Crippen LogP contribution in [-0.4, -0.2) is 48.9 Å². The van der Waals surface area contributed by atoms with E-state index < -0.39 is 0 Å². The van der Waals surface area contributed by atoms with E-state index in [0.29, 0.717) is 11.8 Å². The van der Waals surface area contributed by atoms with E-state index in [0.717, 1.165) is 45.4 Å². The highest BCUT2D eigenvalue weighted by molar-refractivity contribution is 5.84. The fourth-order valence-corrected chi connectivity index (χ4v) is 4.58. The van der Waals surface area contributed by atoms with Crippen LogP contribution in [0.4, 0.5) is 0 Å². The molecule has 0 unspecified atom stereocenters. The van der Waals surface area contributed by atoms with Gasteiger partial charge in [0.15, 0.2) is 0 Å². The van der Waals surface area contributed by atoms with Gasteiger partial charge in [0.2, 0.25) is 11.8 Å². The second-order valence-electron chi connectivity index (χ2n) is 7.96. The predicted octanol–water partition coefficient (Wildman–Crippen LogP) is 1.53. The van der Waals surface area contributed by atoms with Crippen LogP contribution < -0.4 is 10.6 Å². The summed E-state index contributed by atoms with van der Waals surface area (Å²) >= 11 is 0. The lowest BCUT2D eigenvalue weighted by atomic mass is 9.67. The monoisotopic (exact) mass is 321 g/mol. The quantitative estimate of drug-likeness (QED) is 0.829. The van der Waals surface area contributed by atoms with Crippen molar-refractivity contribution >= 4 is 11.8 Å². The highest BCUT2D eigenvalue weighted by Crippen LogP contribution is 2.45. The normalized spacial score (nSPS) is 32.0. The Bertz CT molecular complexity index is 457. The number of carbonyl (C=O) groups is 2. The highest BCUT2D eigenvalue weighted by atomic mass is 16.2. The summed E-state index contributed by atoms with van der Waals surface area (Å²) in [7, 11) is 0. The molecule has 2 N–H and O–H groups in total. The molecule has 3 aliphatic rings. The van der Waals surface area contributed by atoms with Gasteiger partial charge in [-0.1, -0.05) is 26.7 Å². The zero-order valence-electron chi connectivity index (χ0n) is 14.6. The molecular formula is C18H31N3O2. The fourth-order valence-electron chi connectivity index (χ4n) is 4.58. The molecule has 3 rings (SSSR count). The first kappa shape index (κ1) is 16.7. The third-order valence-electron chi connectivity index (χ3n) is 6.12. The minimum absolute atomic E-state index is 0.0288. The molecular weight excluding hydrogens is 290 g/mol. The molecule has 5 heteroatoms. The zero-order chi connectivity index (χ0) is 16.4. The van der Waals surface area contributed by atoms with Gasteiger partial charge >= 0.3 is 0 Å². The molecule has 0 bridgehead atoms. The largest absolute Gasteiger partial charge is 0.353 e. The summed E-state index contributed by atoms with van der Waals surface area (Å²) in [5, 5.41) is 6.58. The van der Waals surface area contributed by atoms with Crippen LogP contribution in [0.15, 0.2) is 0 Å². The lowest BCUT2D eigenvalue weighted by Gasteiger charge is -2.43. The number of piperidine rings is 1. The van der Waals surface area contributed by atoms with Gasteiger partial charge in [-0.3, -0.25) is 9.59 Å². The van der Waals surface area contributed by atoms with Crippen molar-refractivity contribution in [1.29, 1.82) is 0 Å². The van der Waals surface area contributed by atoms with E-state index in [4.69, 9.17) is 0 Å². The van der Waals surface area contributed by atoms with Crippen molar-refractivity contribution in [3.05, 3.63) is 0 Å². The number of rotatable bonds is 3. The standard InChI is InChI=1S/C18H31N3O2/c1-13(2)16(22)20-15-6-9-21(10-7-15)17(23)18-8-4-3-5-14(18)11-19-12-18/h13-15,19H,3-12H2,1-2H3,(H,20,22)/t14-,18+/m0/s1. The molecule has 0 aromatic carbocycles. The van der Waals surface area contributed by atoms with Crippen LogP contribution in [-0.2, 0) is 9.59 Å². The van der Waals surface area contributed by atoms with Crippen LogP contribution in [0.1, 0.15) is 52.4 Å². The number of hydrogen-bond acceptors (Lipinski definition) is 3. The Kier molecular flexibility index (Phi) is 4.95. The first-order valence-corrected chi connectivity index (χ1v) is 9.33. The van der Waals surface area contributed by atoms with Gasteiger partial charge in [-0.05, 0) is 38.1 Å². The Morgan fingerprint density at radius 2 is 1.91 bits per heavy atom. The molecule has 2 heterocycles. The van der Waals surface area contributed by atoms with Crippen molar-refractivity contribution in [2.75, 3.05) is 26.2 Å². The predicted molar refractivity (Wildman–Crippen MR) is 89.8 cm³/mol. The average Bonchev–Trinajstić information content (AvgIpc) is 3.00. The topological polar surface area (TPSA) is 61.4 Å². The lowest BCUT2D eigenvalue weighted by molar-refractivity contribution is -0.146. The number of carbonyl (C=O) groups excluding carboxylic acids is 2. The molecule has 2 atom stereocenters. The van der Waals surface area contributed by atoms with Gasteiger partial charge < -0.3 is 15.5 Å². The van der Waals surface area contributed by atoms with Gasteiger partial charge in [0, 0.05) is 31.6 Å². The molecule has 0 radical (unpaired) electrons. The van der Waals surface area contributed by atoms with Crippen molar-refractivity contribution in [1.82, 2.24) is 15.5 Å². The van der Waals surface area contributed by atoms with Gasteiger partial charge in [0.1, 0.15) is 0 Å². The molecule has 0 spiro atoms. The Morgan fingerprint density at radius 3 is 2.61 bits per heavy atom. The number of nitrogens with zero attached hydrogens (tertiary/aromatic N) is 1. The van der Waals surface area contributed by atoms with Crippen LogP contribution in [0, 0.1) is 17.3 Å². The van der Waals surface area contributed by atoms with Crippen LogP contribution in [0.25, 0.3) is 0 Å². The zero-order valence-corrected chi connectivity index (χ0v) is 14.6. The van der Waals surface area contributed by atoms with Crippen LogP contribution >= 0.6 is 0 Å². The summed E-state index contributed by atoms with van der Waals surface area (Å²) in [6.07, 6.45) is 6.47. The van der Waals surface area contributed by atoms with Crippen molar-refractivity contribution in [2.45, 2.75) is 58.4 Å². The summed E-state index contributed by atoms with van der Waals surface area (Å²) in [6.45, 7) is 7.28. The van der Waals surface area contributed by atoms with Crippen LogP contribution in [0.3, 0.4) is 0 Å². The SMILES string of the molecule is CC(C)C(=O)NC1CCN(C(=O)[C@@]23CCCC[C@H]2CNC3)CC1. The number of amides is 2. The van der Waals surface area contributed by atoms with Gasteiger partial charge in [-0.2, -0.15) is 0 Å². The molecule has 5 nitrogen and oxygen atoms in total. The molecule has 0 aromatic rings. The number of fused-ring (bicyclic) bond motifs is 1. The number of hydrogen-bond donors (Lipinski definition) is 2. The lowest BCUT2D eigenvalue weighted by Crippen LogP contribution is -2.54. The van der Waals surface area contributed by atoms with Crippen LogP contribution in [0.5, 0.6) is 0 Å². The van der Waals surface area contributed by atoms with E-state index in [1.165, 1.54) is 19.3 Å². The van der Waals surface area contributed by atoms with E-state index in [1.54, 1.807) is 0 Å². The van der Waals surface area contributed by atoms with E-state index in [1.807, 2.05) is 13.8 Å². The maximum atomic E-state index is 13.2. The Morgan fingerprint density at radius 1 is 1.17 bits per heavy atom. The van der Waals surface area contributed by atoms with Crippen molar-refractivity contribution in [3.8, 4) is 0 Å². The third kappa shape index (κ3) is 3.25. The maximum Gasteiger partial charge on any atom is 0.230 e. The second-order valence-corrected chi connectivity index (χ2v) is 7.96. The summed E-state index contributed by atoms with van der Waals surface area (Å²) in [5.41, 5.74) is -0.133. The molecule has 23 heavy (non-hydrogen) atoms. The Balaban J connectivity index is 1.57. The maximum absolute atomic E-state index is 13.2. The highest BCUT2D eigenvalue weighted by Gasteiger charge is 2.51.